The van der Waals surface area contributed by atoms with E-state index in [1.54, 1.807) is 4.98 Å². The Bertz CT molecular complexity index is 1740. The summed E-state index contributed by atoms with van der Waals surface area (Å²) in [7, 11) is 0. The highest BCUT2D eigenvalue weighted by Crippen LogP contribution is 2.39. The number of rotatable bonds is 5. The summed E-state index contributed by atoms with van der Waals surface area (Å²) in [5.74, 6) is -2.95. The molecule has 1 fully saturated rings. The quantitative estimate of drug-likeness (QED) is 0.272. The zero-order chi connectivity index (χ0) is 31.1. The molecule has 3 heterocycles. The first kappa shape index (κ1) is 30.0. The first-order valence-electron chi connectivity index (χ1n) is 13.2. The predicted molar refractivity (Wildman–Crippen MR) is 144 cm³/mol. The number of nitrogens with zero attached hydrogens (tertiary/aromatic N) is 3. The van der Waals surface area contributed by atoms with Gasteiger partial charge in [0.05, 0.1) is 16.6 Å². The Kier molecular flexibility index (Phi) is 7.88. The number of pyridine rings is 1. The standard InChI is InChI=1S/C29H24F7N5O2/c1-15-3-2-4-16-6-8-21(39-25(15)16)41-11-9-17(10-12-41)27(43)37-14-18-5-7-19(28(31,32)33)23(24(18)30)26-38-20(29(34,35)36)13-22(42)40-26/h2-8,13,17H,9-12,14H2,1H3,(H,37,43)(H,38,40,42). The number of aromatic nitrogens is 3. The number of amides is 1. The summed E-state index contributed by atoms with van der Waals surface area (Å²) < 4.78 is 96.1. The minimum absolute atomic E-state index is 0.0567. The number of fused-ring (bicyclic) bond motifs is 1. The molecule has 43 heavy (non-hydrogen) atoms. The SMILES string of the molecule is Cc1cccc2ccc(N3CCC(C(=O)NCc4ccc(C(F)(F)F)c(-c5nc(C(F)(F)F)cc(=O)[nH]5)c4F)CC3)nc12. The highest BCUT2D eigenvalue weighted by Gasteiger charge is 2.39. The summed E-state index contributed by atoms with van der Waals surface area (Å²) in [6.07, 6.45) is -9.47. The number of hydrogen-bond donors (Lipinski definition) is 2. The Balaban J connectivity index is 1.31. The van der Waals surface area contributed by atoms with Crippen molar-refractivity contribution in [1.82, 2.24) is 20.3 Å². The molecule has 2 N–H and O–H groups in total. The van der Waals surface area contributed by atoms with Crippen LogP contribution in [0.1, 0.15) is 35.2 Å². The van der Waals surface area contributed by atoms with Crippen LogP contribution in [-0.4, -0.2) is 33.9 Å². The number of H-pyrrole nitrogens is 1. The third-order valence-electron chi connectivity index (χ3n) is 7.35. The van der Waals surface area contributed by atoms with Gasteiger partial charge in [-0.1, -0.05) is 24.3 Å². The van der Waals surface area contributed by atoms with Gasteiger partial charge >= 0.3 is 12.4 Å². The zero-order valence-corrected chi connectivity index (χ0v) is 22.5. The van der Waals surface area contributed by atoms with Crippen LogP contribution in [0.5, 0.6) is 0 Å². The number of hydrogen-bond acceptors (Lipinski definition) is 5. The maximum absolute atomic E-state index is 15.5. The second-order valence-electron chi connectivity index (χ2n) is 10.2. The van der Waals surface area contributed by atoms with Crippen molar-refractivity contribution in [3.05, 3.63) is 87.1 Å². The van der Waals surface area contributed by atoms with Gasteiger partial charge in [0.1, 0.15) is 17.5 Å². The topological polar surface area (TPSA) is 91.0 Å². The lowest BCUT2D eigenvalue weighted by Gasteiger charge is -2.32. The van der Waals surface area contributed by atoms with Gasteiger partial charge in [0.25, 0.3) is 5.56 Å². The second-order valence-corrected chi connectivity index (χ2v) is 10.2. The lowest BCUT2D eigenvalue weighted by Crippen LogP contribution is -2.40. The fourth-order valence-corrected chi connectivity index (χ4v) is 5.10. The molecule has 1 aliphatic rings. The minimum atomic E-state index is -5.18. The highest BCUT2D eigenvalue weighted by atomic mass is 19.4. The van der Waals surface area contributed by atoms with Gasteiger partial charge in [0, 0.05) is 42.6 Å². The van der Waals surface area contributed by atoms with E-state index in [1.165, 1.54) is 0 Å². The smallest absolute Gasteiger partial charge is 0.357 e. The average Bonchev–Trinajstić information content (AvgIpc) is 2.95. The van der Waals surface area contributed by atoms with Gasteiger partial charge in [-0.05, 0) is 43.5 Å². The van der Waals surface area contributed by atoms with Gasteiger partial charge in [-0.15, -0.1) is 0 Å². The van der Waals surface area contributed by atoms with Crippen LogP contribution >= 0.6 is 0 Å². The van der Waals surface area contributed by atoms with Crippen LogP contribution in [0.15, 0.2) is 53.3 Å². The van der Waals surface area contributed by atoms with E-state index < -0.39 is 70.3 Å². The van der Waals surface area contributed by atoms with E-state index >= 15 is 4.39 Å². The summed E-state index contributed by atoms with van der Waals surface area (Å²) in [6.45, 7) is 2.45. The number of aromatic amines is 1. The van der Waals surface area contributed by atoms with Crippen LogP contribution in [0.3, 0.4) is 0 Å². The van der Waals surface area contributed by atoms with E-state index in [2.05, 4.69) is 10.3 Å². The molecular formula is C29H24F7N5O2. The van der Waals surface area contributed by atoms with Crippen LogP contribution in [0.2, 0.25) is 0 Å². The van der Waals surface area contributed by atoms with Gasteiger partial charge in [-0.3, -0.25) is 9.59 Å². The zero-order valence-electron chi connectivity index (χ0n) is 22.5. The van der Waals surface area contributed by atoms with E-state index in [4.69, 9.17) is 4.98 Å². The second kappa shape index (κ2) is 11.3. The maximum Gasteiger partial charge on any atom is 0.433 e. The fourth-order valence-electron chi connectivity index (χ4n) is 5.10. The molecule has 0 unspecified atom stereocenters. The number of alkyl halides is 6. The number of nitrogens with one attached hydrogen (secondary N) is 2. The molecule has 0 saturated carbocycles. The molecule has 1 amide bonds. The summed E-state index contributed by atoms with van der Waals surface area (Å²) in [5, 5.41) is 3.52. The van der Waals surface area contributed by atoms with Gasteiger partial charge < -0.3 is 15.2 Å². The van der Waals surface area contributed by atoms with Gasteiger partial charge in [-0.2, -0.15) is 26.3 Å². The fraction of sp³-hybridized carbons (Fsp3) is 0.310. The number of carbonyl (C=O) groups excluding carboxylic acids is 1. The van der Waals surface area contributed by atoms with Crippen LogP contribution < -0.4 is 15.8 Å². The number of anilines is 1. The van der Waals surface area contributed by atoms with E-state index in [0.29, 0.717) is 32.0 Å². The molecule has 0 radical (unpaired) electrons. The van der Waals surface area contributed by atoms with Gasteiger partial charge in [0.2, 0.25) is 5.91 Å². The van der Waals surface area contributed by atoms with Crippen LogP contribution in [0.4, 0.5) is 36.6 Å². The van der Waals surface area contributed by atoms with Gasteiger partial charge in [0.15, 0.2) is 5.69 Å². The molecule has 226 valence electrons. The Morgan fingerprint density at radius 2 is 1.72 bits per heavy atom. The van der Waals surface area contributed by atoms with E-state index in [9.17, 15) is 35.9 Å². The lowest BCUT2D eigenvalue weighted by molar-refractivity contribution is -0.141. The van der Waals surface area contributed by atoms with Crippen molar-refractivity contribution in [2.75, 3.05) is 18.0 Å². The number of halogens is 7. The van der Waals surface area contributed by atoms with Crippen molar-refractivity contribution in [1.29, 1.82) is 0 Å². The molecule has 5 rings (SSSR count). The van der Waals surface area contributed by atoms with Gasteiger partial charge in [-0.25, -0.2) is 14.4 Å². The number of benzene rings is 2. The highest BCUT2D eigenvalue weighted by molar-refractivity contribution is 5.83. The molecule has 0 bridgehead atoms. The summed E-state index contributed by atoms with van der Waals surface area (Å²) in [6, 6.07) is 11.1. The molecule has 0 atom stereocenters. The summed E-state index contributed by atoms with van der Waals surface area (Å²) >= 11 is 0. The molecule has 2 aromatic carbocycles. The van der Waals surface area contributed by atoms with Crippen LogP contribution in [0, 0.1) is 18.7 Å². The van der Waals surface area contributed by atoms with E-state index in [-0.39, 0.29) is 6.07 Å². The molecule has 14 heteroatoms. The van der Waals surface area contributed by atoms with Crippen molar-refractivity contribution in [3.8, 4) is 11.4 Å². The first-order chi connectivity index (χ1) is 20.2. The van der Waals surface area contributed by atoms with Crippen molar-refractivity contribution in [3.63, 3.8) is 0 Å². The van der Waals surface area contributed by atoms with Crippen LogP contribution in [-0.2, 0) is 23.7 Å². The Morgan fingerprint density at radius 3 is 2.40 bits per heavy atom. The lowest BCUT2D eigenvalue weighted by atomic mass is 9.95. The third kappa shape index (κ3) is 6.32. The molecule has 0 spiro atoms. The van der Waals surface area contributed by atoms with Crippen molar-refractivity contribution < 1.29 is 35.5 Å². The van der Waals surface area contributed by atoms with E-state index in [1.807, 2.05) is 42.2 Å². The molecule has 4 aromatic rings. The Labute approximate surface area is 239 Å². The summed E-state index contributed by atoms with van der Waals surface area (Å²) in [4.78, 5) is 36.3. The maximum atomic E-state index is 15.5. The first-order valence-corrected chi connectivity index (χ1v) is 13.2. The normalized spacial score (nSPS) is 14.7. The minimum Gasteiger partial charge on any atom is -0.357 e. The molecule has 2 aromatic heterocycles. The van der Waals surface area contributed by atoms with Crippen LogP contribution in [0.25, 0.3) is 22.3 Å². The summed E-state index contributed by atoms with van der Waals surface area (Å²) in [5.41, 5.74) is -4.70. The molecule has 7 nitrogen and oxygen atoms in total. The largest absolute Gasteiger partial charge is 0.433 e. The average molecular weight is 608 g/mol. The molecule has 0 aliphatic carbocycles. The molecule has 1 aliphatic heterocycles. The van der Waals surface area contributed by atoms with Crippen molar-refractivity contribution in [2.24, 2.45) is 5.92 Å². The van der Waals surface area contributed by atoms with E-state index in [0.717, 1.165) is 28.4 Å². The number of aryl methyl sites for hydroxylation is 1. The number of para-hydroxylation sites is 1. The Morgan fingerprint density at radius 1 is 1.00 bits per heavy atom. The number of piperidine rings is 1. The Hall–Kier alpha value is -4.49. The molecule has 1 saturated heterocycles. The van der Waals surface area contributed by atoms with Crippen molar-refractivity contribution >= 4 is 22.6 Å². The third-order valence-corrected chi connectivity index (χ3v) is 7.35. The number of carbonyl (C=O) groups is 1. The molecular weight excluding hydrogens is 583 g/mol. The predicted octanol–water partition coefficient (Wildman–Crippen LogP) is 6.00. The van der Waals surface area contributed by atoms with Crippen molar-refractivity contribution in [2.45, 2.75) is 38.7 Å². The monoisotopic (exact) mass is 607 g/mol.